The Labute approximate surface area is 117 Å². The fraction of sp³-hybridized carbons (Fsp3) is 0.125. The number of nitrogens with zero attached hydrogens (tertiary/aromatic N) is 1. The van der Waals surface area contributed by atoms with Crippen LogP contribution >= 0.6 is 0 Å². The minimum Gasteiger partial charge on any atom is -0.482 e. The maximum Gasteiger partial charge on any atom is 0.344 e. The Morgan fingerprint density at radius 3 is 2.50 bits per heavy atom. The van der Waals surface area contributed by atoms with Crippen molar-refractivity contribution in [1.29, 1.82) is 5.26 Å². The van der Waals surface area contributed by atoms with Gasteiger partial charge in [-0.25, -0.2) is 4.79 Å². The van der Waals surface area contributed by atoms with Crippen molar-refractivity contribution < 1.29 is 14.3 Å². The van der Waals surface area contributed by atoms with E-state index < -0.39 is 5.97 Å². The summed E-state index contributed by atoms with van der Waals surface area (Å²) >= 11 is 0. The maximum atomic E-state index is 11.6. The number of nitriles is 1. The van der Waals surface area contributed by atoms with Crippen LogP contribution in [0.4, 0.5) is 0 Å². The molecule has 2 aromatic rings. The standard InChI is InChI=1S/C16H13NO3/c17-10-13-6-4-5-7-14(13)11-20-16(18)12-19-15-8-2-1-3-9-15/h1-9H,11-12H2. The minimum atomic E-state index is -0.471. The zero-order chi connectivity index (χ0) is 14.2. The Hall–Kier alpha value is -2.80. The Morgan fingerprint density at radius 1 is 1.05 bits per heavy atom. The number of carbonyl (C=O) groups is 1. The van der Waals surface area contributed by atoms with Gasteiger partial charge in [-0.15, -0.1) is 0 Å². The molecule has 0 aliphatic carbocycles. The zero-order valence-corrected chi connectivity index (χ0v) is 10.8. The number of benzene rings is 2. The number of carbonyl (C=O) groups excluding carboxylic acids is 1. The molecule has 0 N–H and O–H groups in total. The van der Waals surface area contributed by atoms with Crippen LogP contribution in [0.15, 0.2) is 54.6 Å². The van der Waals surface area contributed by atoms with Crippen LogP contribution in [-0.2, 0) is 16.1 Å². The highest BCUT2D eigenvalue weighted by Gasteiger charge is 2.07. The van der Waals surface area contributed by atoms with Crippen molar-refractivity contribution in [2.75, 3.05) is 6.61 Å². The molecular weight excluding hydrogens is 254 g/mol. The Morgan fingerprint density at radius 2 is 1.75 bits per heavy atom. The predicted molar refractivity (Wildman–Crippen MR) is 72.9 cm³/mol. The van der Waals surface area contributed by atoms with Gasteiger partial charge >= 0.3 is 5.97 Å². The van der Waals surface area contributed by atoms with Crippen molar-refractivity contribution in [3.8, 4) is 11.8 Å². The number of hydrogen-bond acceptors (Lipinski definition) is 4. The molecule has 0 fully saturated rings. The lowest BCUT2D eigenvalue weighted by Crippen LogP contribution is -2.15. The van der Waals surface area contributed by atoms with Crippen LogP contribution in [0.1, 0.15) is 11.1 Å². The molecule has 100 valence electrons. The molecule has 0 aliphatic rings. The topological polar surface area (TPSA) is 59.3 Å². The highest BCUT2D eigenvalue weighted by Crippen LogP contribution is 2.10. The lowest BCUT2D eigenvalue weighted by molar-refractivity contribution is -0.147. The van der Waals surface area contributed by atoms with E-state index in [1.165, 1.54) is 0 Å². The normalized spacial score (nSPS) is 9.55. The number of hydrogen-bond donors (Lipinski definition) is 0. The van der Waals surface area contributed by atoms with E-state index in [1.54, 1.807) is 36.4 Å². The second-order valence-corrected chi connectivity index (χ2v) is 4.03. The van der Waals surface area contributed by atoms with Gasteiger partial charge < -0.3 is 9.47 Å². The third kappa shape index (κ3) is 3.85. The molecule has 0 bridgehead atoms. The monoisotopic (exact) mass is 267 g/mol. The van der Waals surface area contributed by atoms with Gasteiger partial charge in [0, 0.05) is 5.56 Å². The molecular formula is C16H13NO3. The molecule has 0 spiro atoms. The average Bonchev–Trinajstić information content (AvgIpc) is 2.52. The average molecular weight is 267 g/mol. The van der Waals surface area contributed by atoms with E-state index in [9.17, 15) is 4.79 Å². The van der Waals surface area contributed by atoms with Crippen molar-refractivity contribution in [2.24, 2.45) is 0 Å². The van der Waals surface area contributed by atoms with Crippen LogP contribution < -0.4 is 4.74 Å². The van der Waals surface area contributed by atoms with E-state index in [0.29, 0.717) is 16.9 Å². The van der Waals surface area contributed by atoms with Crippen LogP contribution in [0.5, 0.6) is 5.75 Å². The summed E-state index contributed by atoms with van der Waals surface area (Å²) in [6.07, 6.45) is 0. The second kappa shape index (κ2) is 6.95. The molecule has 0 aliphatic heterocycles. The third-order valence-corrected chi connectivity index (χ3v) is 2.63. The molecule has 0 unspecified atom stereocenters. The quantitative estimate of drug-likeness (QED) is 0.781. The summed E-state index contributed by atoms with van der Waals surface area (Å²) in [5.74, 6) is 0.142. The molecule has 4 heteroatoms. The zero-order valence-electron chi connectivity index (χ0n) is 10.8. The number of rotatable bonds is 5. The van der Waals surface area contributed by atoms with E-state index in [0.717, 1.165) is 0 Å². The van der Waals surface area contributed by atoms with Gasteiger partial charge in [0.1, 0.15) is 12.4 Å². The molecule has 2 aromatic carbocycles. The fourth-order valence-corrected chi connectivity index (χ4v) is 1.61. The summed E-state index contributed by atoms with van der Waals surface area (Å²) in [5.41, 5.74) is 1.19. The molecule has 0 atom stereocenters. The first kappa shape index (κ1) is 13.6. The van der Waals surface area contributed by atoms with E-state index >= 15 is 0 Å². The second-order valence-electron chi connectivity index (χ2n) is 4.03. The summed E-state index contributed by atoms with van der Waals surface area (Å²) in [5, 5.41) is 8.92. The molecule has 2 rings (SSSR count). The molecule has 0 saturated carbocycles. The third-order valence-electron chi connectivity index (χ3n) is 2.63. The van der Waals surface area contributed by atoms with Gasteiger partial charge in [0.15, 0.2) is 6.61 Å². The lowest BCUT2D eigenvalue weighted by atomic mass is 10.1. The summed E-state index contributed by atoms with van der Waals surface area (Å²) in [6.45, 7) is -0.0839. The van der Waals surface area contributed by atoms with Gasteiger partial charge in [-0.3, -0.25) is 0 Å². The van der Waals surface area contributed by atoms with Crippen molar-refractivity contribution in [1.82, 2.24) is 0 Å². The number of para-hydroxylation sites is 1. The fourth-order valence-electron chi connectivity index (χ4n) is 1.61. The molecule has 0 saturated heterocycles. The molecule has 0 heterocycles. The highest BCUT2D eigenvalue weighted by molar-refractivity contribution is 5.71. The molecule has 0 amide bonds. The van der Waals surface area contributed by atoms with Crippen LogP contribution in [0, 0.1) is 11.3 Å². The molecule has 0 aromatic heterocycles. The summed E-state index contributed by atoms with van der Waals surface area (Å²) < 4.78 is 10.4. The van der Waals surface area contributed by atoms with Crippen LogP contribution in [0.25, 0.3) is 0 Å². The SMILES string of the molecule is N#Cc1ccccc1COC(=O)COc1ccccc1. The van der Waals surface area contributed by atoms with E-state index in [2.05, 4.69) is 6.07 Å². The van der Waals surface area contributed by atoms with Crippen LogP contribution in [0.3, 0.4) is 0 Å². The summed E-state index contributed by atoms with van der Waals surface area (Å²) in [4.78, 5) is 11.6. The van der Waals surface area contributed by atoms with Crippen LogP contribution in [0.2, 0.25) is 0 Å². The first-order chi connectivity index (χ1) is 9.79. The van der Waals surface area contributed by atoms with Gasteiger partial charge in [0.25, 0.3) is 0 Å². The maximum absolute atomic E-state index is 11.6. The van der Waals surface area contributed by atoms with Crippen LogP contribution in [-0.4, -0.2) is 12.6 Å². The Bertz CT molecular complexity index is 617. The lowest BCUT2D eigenvalue weighted by Gasteiger charge is -2.07. The molecule has 0 radical (unpaired) electrons. The van der Waals surface area contributed by atoms with Gasteiger partial charge in [-0.1, -0.05) is 36.4 Å². The van der Waals surface area contributed by atoms with Gasteiger partial charge in [-0.05, 0) is 18.2 Å². The smallest absolute Gasteiger partial charge is 0.344 e. The van der Waals surface area contributed by atoms with Gasteiger partial charge in [0.2, 0.25) is 0 Å². The van der Waals surface area contributed by atoms with Crippen molar-refractivity contribution in [3.63, 3.8) is 0 Å². The first-order valence-electron chi connectivity index (χ1n) is 6.11. The summed E-state index contributed by atoms with van der Waals surface area (Å²) in [6, 6.07) is 18.1. The first-order valence-corrected chi connectivity index (χ1v) is 6.11. The van der Waals surface area contributed by atoms with E-state index in [-0.39, 0.29) is 13.2 Å². The Kier molecular flexibility index (Phi) is 4.74. The van der Waals surface area contributed by atoms with Crippen molar-refractivity contribution in [3.05, 3.63) is 65.7 Å². The highest BCUT2D eigenvalue weighted by atomic mass is 16.6. The predicted octanol–water partition coefficient (Wildman–Crippen LogP) is 2.68. The van der Waals surface area contributed by atoms with E-state index in [4.69, 9.17) is 14.7 Å². The van der Waals surface area contributed by atoms with Gasteiger partial charge in [-0.2, -0.15) is 5.26 Å². The van der Waals surface area contributed by atoms with Crippen molar-refractivity contribution in [2.45, 2.75) is 6.61 Å². The van der Waals surface area contributed by atoms with Crippen molar-refractivity contribution >= 4 is 5.97 Å². The van der Waals surface area contributed by atoms with E-state index in [1.807, 2.05) is 18.2 Å². The minimum absolute atomic E-state index is 0.0702. The molecule has 4 nitrogen and oxygen atoms in total. The largest absolute Gasteiger partial charge is 0.482 e. The number of ether oxygens (including phenoxy) is 2. The summed E-state index contributed by atoms with van der Waals surface area (Å²) in [7, 11) is 0. The Balaban J connectivity index is 1.82. The van der Waals surface area contributed by atoms with Gasteiger partial charge in [0.05, 0.1) is 11.6 Å². The molecule has 20 heavy (non-hydrogen) atoms. The number of esters is 1.